The van der Waals surface area contributed by atoms with Gasteiger partial charge in [-0.15, -0.1) is 0 Å². The quantitative estimate of drug-likeness (QED) is 0.350. The predicted octanol–water partition coefficient (Wildman–Crippen LogP) is 6.14. The molecule has 2 fully saturated rings. The number of fused-ring (bicyclic) bond motifs is 1. The van der Waals surface area contributed by atoms with Crippen LogP contribution >= 0.6 is 0 Å². The van der Waals surface area contributed by atoms with E-state index in [0.717, 1.165) is 28.6 Å². The highest BCUT2D eigenvalue weighted by atomic mass is 32.2. The molecule has 3 aromatic carbocycles. The lowest BCUT2D eigenvalue weighted by Crippen LogP contribution is -2.67. The van der Waals surface area contributed by atoms with E-state index in [0.29, 0.717) is 31.0 Å². The fourth-order valence-corrected chi connectivity index (χ4v) is 7.76. The molecule has 42 heavy (non-hydrogen) atoms. The first-order valence-electron chi connectivity index (χ1n) is 13.2. The minimum atomic E-state index is -4.87. The largest absolute Gasteiger partial charge is 0.419 e. The summed E-state index contributed by atoms with van der Waals surface area (Å²) in [6.45, 7) is 0.171. The van der Waals surface area contributed by atoms with Crippen LogP contribution in [0.2, 0.25) is 0 Å². The Kier molecular flexibility index (Phi) is 8.16. The van der Waals surface area contributed by atoms with E-state index in [2.05, 4.69) is 0 Å². The third-order valence-corrected chi connectivity index (χ3v) is 9.98. The number of halogens is 7. The molecule has 5 nitrogen and oxygen atoms in total. The maximum absolute atomic E-state index is 14.7. The van der Waals surface area contributed by atoms with Gasteiger partial charge in [0.2, 0.25) is 10.0 Å². The normalized spacial score (nSPS) is 22.6. The molecule has 0 amide bonds. The second kappa shape index (κ2) is 11.3. The molecule has 13 heteroatoms. The van der Waals surface area contributed by atoms with Crippen LogP contribution in [0.3, 0.4) is 0 Å². The number of benzene rings is 3. The molecule has 2 aliphatic heterocycles. The smallest absolute Gasteiger partial charge is 0.395 e. The van der Waals surface area contributed by atoms with Gasteiger partial charge in [-0.05, 0) is 48.7 Å². The summed E-state index contributed by atoms with van der Waals surface area (Å²) < 4.78 is 124. The summed E-state index contributed by atoms with van der Waals surface area (Å²) >= 11 is 0. The van der Waals surface area contributed by atoms with Gasteiger partial charge in [0.25, 0.3) is 0 Å². The molecule has 3 atom stereocenters. The topological polar surface area (TPSA) is 60.9 Å². The van der Waals surface area contributed by atoms with E-state index < -0.39 is 62.2 Å². The first-order chi connectivity index (χ1) is 19.7. The lowest BCUT2D eigenvalue weighted by atomic mass is 9.74. The number of nitrogens with zero attached hydrogens (tertiary/aromatic N) is 2. The van der Waals surface area contributed by atoms with Gasteiger partial charge in [0.05, 0.1) is 22.6 Å². The highest BCUT2D eigenvalue weighted by molar-refractivity contribution is 7.89. The SMILES string of the molecule is O=S(=O)(c1ccccc1C(F)(F)F)N1CCCCN2C(C1)[C@H](c1ccc(-c3cccc(C(F)(F)F)c3F)cc1)[C@H]2CO. The van der Waals surface area contributed by atoms with E-state index in [1.807, 2.05) is 4.90 Å². The Morgan fingerprint density at radius 1 is 0.810 bits per heavy atom. The molecule has 0 saturated carbocycles. The van der Waals surface area contributed by atoms with Crippen molar-refractivity contribution in [2.45, 2.75) is 48.1 Å². The first-order valence-corrected chi connectivity index (χ1v) is 14.7. The van der Waals surface area contributed by atoms with Gasteiger partial charge in [0.1, 0.15) is 5.82 Å². The van der Waals surface area contributed by atoms with Crippen molar-refractivity contribution in [3.63, 3.8) is 0 Å². The van der Waals surface area contributed by atoms with Crippen molar-refractivity contribution < 1.29 is 44.3 Å². The maximum Gasteiger partial charge on any atom is 0.419 e. The van der Waals surface area contributed by atoms with Crippen LogP contribution in [-0.2, 0) is 22.4 Å². The van der Waals surface area contributed by atoms with Crippen LogP contribution in [0.5, 0.6) is 0 Å². The number of rotatable bonds is 5. The second-order valence-electron chi connectivity index (χ2n) is 10.4. The van der Waals surface area contributed by atoms with E-state index in [4.69, 9.17) is 0 Å². The molecule has 0 spiro atoms. The van der Waals surface area contributed by atoms with Crippen molar-refractivity contribution >= 4 is 10.0 Å². The van der Waals surface area contributed by atoms with Gasteiger partial charge in [-0.2, -0.15) is 30.6 Å². The van der Waals surface area contributed by atoms with Gasteiger partial charge in [0.15, 0.2) is 0 Å². The van der Waals surface area contributed by atoms with Gasteiger partial charge in [0, 0.05) is 36.7 Å². The molecule has 0 bridgehead atoms. The Balaban J connectivity index is 1.46. The van der Waals surface area contributed by atoms with E-state index in [-0.39, 0.29) is 30.8 Å². The molecule has 2 saturated heterocycles. The van der Waals surface area contributed by atoms with Crippen LogP contribution in [0.4, 0.5) is 30.7 Å². The number of alkyl halides is 6. The molecule has 1 unspecified atom stereocenters. The molecular formula is C29H27F7N2O3S. The zero-order valence-electron chi connectivity index (χ0n) is 22.0. The summed E-state index contributed by atoms with van der Waals surface area (Å²) in [6.07, 6.45) is -8.77. The van der Waals surface area contributed by atoms with Crippen LogP contribution in [0.25, 0.3) is 11.1 Å². The zero-order valence-corrected chi connectivity index (χ0v) is 22.9. The molecule has 226 valence electrons. The van der Waals surface area contributed by atoms with Crippen molar-refractivity contribution in [1.29, 1.82) is 0 Å². The van der Waals surface area contributed by atoms with E-state index in [1.54, 1.807) is 12.1 Å². The van der Waals surface area contributed by atoms with Crippen molar-refractivity contribution in [3.8, 4) is 11.1 Å². The van der Waals surface area contributed by atoms with Crippen LogP contribution in [0.1, 0.15) is 35.4 Å². The number of sulfonamides is 1. The van der Waals surface area contributed by atoms with E-state index in [1.165, 1.54) is 24.3 Å². The molecule has 0 radical (unpaired) electrons. The minimum Gasteiger partial charge on any atom is -0.395 e. The summed E-state index contributed by atoms with van der Waals surface area (Å²) in [5.41, 5.74) is -2.04. The molecule has 3 aromatic rings. The third kappa shape index (κ3) is 5.54. The third-order valence-electron chi connectivity index (χ3n) is 8.05. The van der Waals surface area contributed by atoms with E-state index in [9.17, 15) is 44.3 Å². The summed E-state index contributed by atoms with van der Waals surface area (Å²) in [7, 11) is -4.54. The van der Waals surface area contributed by atoms with Crippen molar-refractivity contribution in [3.05, 3.63) is 89.2 Å². The first kappa shape index (κ1) is 30.5. The molecule has 0 aromatic heterocycles. The van der Waals surface area contributed by atoms with Crippen molar-refractivity contribution in [2.75, 3.05) is 26.2 Å². The number of aliphatic hydroxyl groups excluding tert-OH is 1. The van der Waals surface area contributed by atoms with E-state index >= 15 is 0 Å². The highest BCUT2D eigenvalue weighted by Gasteiger charge is 2.51. The summed E-state index contributed by atoms with van der Waals surface area (Å²) in [5, 5.41) is 10.2. The minimum absolute atomic E-state index is 0.0170. The summed E-state index contributed by atoms with van der Waals surface area (Å²) in [6, 6.07) is 12.3. The Hall–Kier alpha value is -3.00. The monoisotopic (exact) mass is 616 g/mol. The van der Waals surface area contributed by atoms with Gasteiger partial charge in [-0.1, -0.05) is 48.5 Å². The summed E-state index contributed by atoms with van der Waals surface area (Å²) in [4.78, 5) is 1.11. The fraction of sp³-hybridized carbons (Fsp3) is 0.379. The lowest BCUT2D eigenvalue weighted by Gasteiger charge is -2.57. The predicted molar refractivity (Wildman–Crippen MR) is 140 cm³/mol. The van der Waals surface area contributed by atoms with Crippen LogP contribution < -0.4 is 0 Å². The van der Waals surface area contributed by atoms with Crippen molar-refractivity contribution in [1.82, 2.24) is 9.21 Å². The van der Waals surface area contributed by atoms with Gasteiger partial charge in [-0.25, -0.2) is 12.8 Å². The second-order valence-corrected chi connectivity index (χ2v) is 12.3. The maximum atomic E-state index is 14.7. The molecule has 2 heterocycles. The average Bonchev–Trinajstić information content (AvgIpc) is 2.91. The number of aliphatic hydroxyl groups is 1. The molecule has 5 rings (SSSR count). The molecule has 2 aliphatic rings. The van der Waals surface area contributed by atoms with Gasteiger partial charge in [-0.3, -0.25) is 4.90 Å². The Labute approximate surface area is 238 Å². The van der Waals surface area contributed by atoms with Gasteiger partial charge >= 0.3 is 12.4 Å². The molecular weight excluding hydrogens is 589 g/mol. The number of hydrogen-bond donors (Lipinski definition) is 1. The van der Waals surface area contributed by atoms with Crippen LogP contribution in [0, 0.1) is 5.82 Å². The Morgan fingerprint density at radius 2 is 1.43 bits per heavy atom. The Bertz CT molecular complexity index is 1540. The average molecular weight is 617 g/mol. The zero-order chi connectivity index (χ0) is 30.4. The fourth-order valence-electron chi connectivity index (χ4n) is 6.05. The van der Waals surface area contributed by atoms with Crippen molar-refractivity contribution in [2.24, 2.45) is 0 Å². The summed E-state index contributed by atoms with van der Waals surface area (Å²) in [5.74, 6) is -1.83. The number of hydrogen-bond acceptors (Lipinski definition) is 4. The van der Waals surface area contributed by atoms with Crippen LogP contribution in [-0.4, -0.2) is 61.1 Å². The highest BCUT2D eigenvalue weighted by Crippen LogP contribution is 2.44. The Morgan fingerprint density at radius 3 is 2.07 bits per heavy atom. The molecule has 1 N–H and O–H groups in total. The van der Waals surface area contributed by atoms with Crippen LogP contribution in [0.15, 0.2) is 71.6 Å². The molecule has 0 aliphatic carbocycles. The van der Waals surface area contributed by atoms with Gasteiger partial charge < -0.3 is 5.11 Å². The lowest BCUT2D eigenvalue weighted by molar-refractivity contribution is -0.140. The standard InChI is InChI=1S/C29H27F7N2O3S/c30-27-20(6-5-8-22(27)29(34,35)36)18-10-12-19(13-11-18)26-23-16-37(14-3-4-15-38(23)24(26)17-39)42(40,41)25-9-2-1-7-21(25)28(31,32)33/h1-2,5-13,23-24,26,39H,3-4,14-17H2/t23?,24-,26+/m1/s1.